The van der Waals surface area contributed by atoms with Gasteiger partial charge in [0.1, 0.15) is 12.1 Å². The van der Waals surface area contributed by atoms with Crippen molar-refractivity contribution in [3.05, 3.63) is 65.4 Å². The highest BCUT2D eigenvalue weighted by molar-refractivity contribution is 6.30. The Labute approximate surface area is 189 Å². The molecule has 1 fully saturated rings. The van der Waals surface area contributed by atoms with Crippen molar-refractivity contribution < 1.29 is 9.53 Å². The molecule has 1 amide bonds. The monoisotopic (exact) mass is 449 g/mol. The van der Waals surface area contributed by atoms with Gasteiger partial charge in [-0.3, -0.25) is 4.79 Å². The number of halogens is 1. The van der Waals surface area contributed by atoms with Crippen LogP contribution >= 0.6 is 11.6 Å². The minimum Gasteiger partial charge on any atom is -0.496 e. The molecule has 0 aliphatic carbocycles. The van der Waals surface area contributed by atoms with Crippen LogP contribution in [0.1, 0.15) is 10.4 Å². The van der Waals surface area contributed by atoms with Crippen LogP contribution in [-0.4, -0.2) is 69.1 Å². The third kappa shape index (κ3) is 3.60. The van der Waals surface area contributed by atoms with Crippen molar-refractivity contribution in [2.45, 2.75) is 0 Å². The summed E-state index contributed by atoms with van der Waals surface area (Å²) in [5, 5.41) is 9.25. The first-order chi connectivity index (χ1) is 15.7. The van der Waals surface area contributed by atoms with E-state index in [1.165, 1.54) is 6.33 Å². The number of ether oxygens (including phenoxy) is 1. The number of aromatic nitrogens is 5. The normalized spacial score (nSPS) is 14.1. The largest absolute Gasteiger partial charge is 0.496 e. The predicted molar refractivity (Wildman–Crippen MR) is 121 cm³/mol. The maximum atomic E-state index is 13.0. The van der Waals surface area contributed by atoms with Crippen LogP contribution in [0.5, 0.6) is 5.75 Å². The number of benzene rings is 2. The van der Waals surface area contributed by atoms with Gasteiger partial charge < -0.3 is 14.5 Å². The van der Waals surface area contributed by atoms with E-state index in [9.17, 15) is 4.79 Å². The molecule has 0 spiro atoms. The fourth-order valence-corrected chi connectivity index (χ4v) is 3.96. The molecule has 0 saturated carbocycles. The van der Waals surface area contributed by atoms with Gasteiger partial charge in [0.15, 0.2) is 17.0 Å². The Morgan fingerprint density at radius 2 is 1.75 bits per heavy atom. The van der Waals surface area contributed by atoms with E-state index in [1.807, 2.05) is 29.2 Å². The summed E-state index contributed by atoms with van der Waals surface area (Å²) < 4.78 is 7.01. The number of hydrogen-bond donors (Lipinski definition) is 0. The molecule has 1 aliphatic heterocycles. The molecule has 0 N–H and O–H groups in total. The van der Waals surface area contributed by atoms with Crippen molar-refractivity contribution in [1.29, 1.82) is 0 Å². The van der Waals surface area contributed by atoms with E-state index in [-0.39, 0.29) is 5.91 Å². The molecule has 2 aromatic heterocycles. The minimum absolute atomic E-state index is 0.0383. The Kier molecular flexibility index (Phi) is 5.32. The van der Waals surface area contributed by atoms with Crippen LogP contribution in [0.4, 0.5) is 5.82 Å². The van der Waals surface area contributed by atoms with E-state index in [1.54, 1.807) is 36.1 Å². The summed E-state index contributed by atoms with van der Waals surface area (Å²) in [7, 11) is 1.57. The van der Waals surface area contributed by atoms with E-state index in [0.717, 1.165) is 5.69 Å². The van der Waals surface area contributed by atoms with E-state index >= 15 is 0 Å². The zero-order valence-electron chi connectivity index (χ0n) is 17.3. The second-order valence-electron chi connectivity index (χ2n) is 7.33. The maximum absolute atomic E-state index is 13.0. The number of para-hydroxylation sites is 1. The summed E-state index contributed by atoms with van der Waals surface area (Å²) in [6, 6.07) is 14.6. The van der Waals surface area contributed by atoms with Gasteiger partial charge in [0, 0.05) is 31.2 Å². The van der Waals surface area contributed by atoms with Gasteiger partial charge in [-0.15, -0.1) is 5.10 Å². The molecular weight excluding hydrogens is 430 g/mol. The average molecular weight is 450 g/mol. The Morgan fingerprint density at radius 1 is 1.00 bits per heavy atom. The first-order valence-electron chi connectivity index (χ1n) is 10.2. The quantitative estimate of drug-likeness (QED) is 0.473. The second kappa shape index (κ2) is 8.43. The summed E-state index contributed by atoms with van der Waals surface area (Å²) in [6.45, 7) is 2.38. The molecular formula is C22H20ClN7O2. The number of anilines is 1. The lowest BCUT2D eigenvalue weighted by atomic mass is 10.1. The van der Waals surface area contributed by atoms with Crippen molar-refractivity contribution in [3.8, 4) is 11.4 Å². The Morgan fingerprint density at radius 3 is 2.50 bits per heavy atom. The summed E-state index contributed by atoms with van der Waals surface area (Å²) in [4.78, 5) is 25.8. The van der Waals surface area contributed by atoms with Crippen molar-refractivity contribution in [3.63, 3.8) is 0 Å². The summed E-state index contributed by atoms with van der Waals surface area (Å²) in [6.07, 6.45) is 1.51. The molecule has 3 heterocycles. The van der Waals surface area contributed by atoms with Gasteiger partial charge in [0.05, 0.1) is 18.4 Å². The highest BCUT2D eigenvalue weighted by Crippen LogP contribution is 2.25. The van der Waals surface area contributed by atoms with Crippen LogP contribution in [-0.2, 0) is 0 Å². The number of methoxy groups -OCH3 is 1. The Balaban J connectivity index is 1.36. The molecule has 9 nitrogen and oxygen atoms in total. The van der Waals surface area contributed by atoms with Gasteiger partial charge in [0.2, 0.25) is 0 Å². The number of fused-ring (bicyclic) bond motifs is 1. The lowest BCUT2D eigenvalue weighted by Crippen LogP contribution is -2.49. The summed E-state index contributed by atoms with van der Waals surface area (Å²) in [5.41, 5.74) is 2.62. The van der Waals surface area contributed by atoms with E-state index in [2.05, 4.69) is 25.2 Å². The van der Waals surface area contributed by atoms with Crippen LogP contribution in [0.3, 0.4) is 0 Å². The molecule has 32 heavy (non-hydrogen) atoms. The number of piperazine rings is 1. The van der Waals surface area contributed by atoms with Gasteiger partial charge >= 0.3 is 0 Å². The fourth-order valence-electron chi connectivity index (χ4n) is 3.84. The molecule has 5 rings (SSSR count). The van der Waals surface area contributed by atoms with E-state index in [0.29, 0.717) is 59.5 Å². The van der Waals surface area contributed by atoms with E-state index in [4.69, 9.17) is 16.3 Å². The van der Waals surface area contributed by atoms with Gasteiger partial charge in [-0.05, 0) is 36.4 Å². The lowest BCUT2D eigenvalue weighted by Gasteiger charge is -2.35. The van der Waals surface area contributed by atoms with Gasteiger partial charge in [-0.25, -0.2) is 9.97 Å². The number of hydrogen-bond acceptors (Lipinski definition) is 7. The smallest absolute Gasteiger partial charge is 0.257 e. The average Bonchev–Trinajstić information content (AvgIpc) is 3.28. The van der Waals surface area contributed by atoms with Crippen molar-refractivity contribution in [2.75, 3.05) is 38.2 Å². The number of amides is 1. The molecule has 0 unspecified atom stereocenters. The van der Waals surface area contributed by atoms with Crippen molar-refractivity contribution in [2.24, 2.45) is 0 Å². The third-order valence-electron chi connectivity index (χ3n) is 5.49. The molecule has 0 atom stereocenters. The maximum Gasteiger partial charge on any atom is 0.257 e. The predicted octanol–water partition coefficient (Wildman–Crippen LogP) is 2.83. The molecule has 1 aliphatic rings. The zero-order chi connectivity index (χ0) is 22.1. The number of carbonyl (C=O) groups is 1. The zero-order valence-corrected chi connectivity index (χ0v) is 18.1. The van der Waals surface area contributed by atoms with Crippen LogP contribution in [0.25, 0.3) is 16.9 Å². The third-order valence-corrected chi connectivity index (χ3v) is 5.75. The van der Waals surface area contributed by atoms with Crippen LogP contribution in [0.2, 0.25) is 5.02 Å². The highest BCUT2D eigenvalue weighted by Gasteiger charge is 2.26. The van der Waals surface area contributed by atoms with Crippen molar-refractivity contribution >= 4 is 34.5 Å². The first-order valence-corrected chi connectivity index (χ1v) is 10.5. The number of nitrogens with zero attached hydrogens (tertiary/aromatic N) is 7. The minimum atomic E-state index is -0.0383. The standard InChI is InChI=1S/C22H20ClN7O2/c1-32-18-5-3-2-4-17(18)22(31)29-12-10-28(11-13-29)20-19-21(25-14-24-20)30(27-26-19)16-8-6-15(23)7-9-16/h2-9,14H,10-13H2,1H3. The molecule has 1 saturated heterocycles. The van der Waals surface area contributed by atoms with Crippen molar-refractivity contribution in [1.82, 2.24) is 29.9 Å². The topological polar surface area (TPSA) is 89.3 Å². The number of carbonyl (C=O) groups excluding carboxylic acids is 1. The second-order valence-corrected chi connectivity index (χ2v) is 7.76. The molecule has 0 radical (unpaired) electrons. The molecule has 4 aromatic rings. The molecule has 10 heteroatoms. The van der Waals surface area contributed by atoms with Gasteiger partial charge in [-0.1, -0.05) is 28.9 Å². The van der Waals surface area contributed by atoms with Gasteiger partial charge in [0.25, 0.3) is 5.91 Å². The molecule has 0 bridgehead atoms. The first kappa shape index (κ1) is 20.2. The Hall–Kier alpha value is -3.72. The summed E-state index contributed by atoms with van der Waals surface area (Å²) >= 11 is 6.00. The highest BCUT2D eigenvalue weighted by atomic mass is 35.5. The molecule has 162 valence electrons. The Bertz CT molecular complexity index is 1270. The number of rotatable bonds is 4. The molecule has 2 aromatic carbocycles. The van der Waals surface area contributed by atoms with Crippen LogP contribution in [0.15, 0.2) is 54.9 Å². The van der Waals surface area contributed by atoms with Crippen LogP contribution < -0.4 is 9.64 Å². The lowest BCUT2D eigenvalue weighted by molar-refractivity contribution is 0.0743. The fraction of sp³-hybridized carbons (Fsp3) is 0.227. The van der Waals surface area contributed by atoms with Crippen LogP contribution in [0, 0.1) is 0 Å². The van der Waals surface area contributed by atoms with Gasteiger partial charge in [-0.2, -0.15) is 4.68 Å². The SMILES string of the molecule is COc1ccccc1C(=O)N1CCN(c2ncnc3c2nnn3-c2ccc(Cl)cc2)CC1. The summed E-state index contributed by atoms with van der Waals surface area (Å²) in [5.74, 6) is 1.25. The van der Waals surface area contributed by atoms with E-state index < -0.39 is 0 Å².